The van der Waals surface area contributed by atoms with Gasteiger partial charge >= 0.3 is 5.97 Å². The van der Waals surface area contributed by atoms with Crippen LogP contribution in [0.25, 0.3) is 6.08 Å². The molecule has 1 N–H and O–H groups in total. The van der Waals surface area contributed by atoms with Crippen LogP contribution >= 0.6 is 0 Å². The number of benzene rings is 1. The highest BCUT2D eigenvalue weighted by Crippen LogP contribution is 2.07. The van der Waals surface area contributed by atoms with Crippen molar-refractivity contribution in [3.8, 4) is 0 Å². The first-order chi connectivity index (χ1) is 9.17. The molecule has 1 amide bonds. The topological polar surface area (TPSA) is 55.4 Å². The van der Waals surface area contributed by atoms with Gasteiger partial charge in [-0.1, -0.05) is 25.5 Å². The van der Waals surface area contributed by atoms with Gasteiger partial charge in [0.2, 0.25) is 5.91 Å². The Kier molecular flexibility index (Phi) is 6.36. The molecular weight excluding hydrogens is 242 g/mol. The largest absolute Gasteiger partial charge is 0.465 e. The molecule has 4 nitrogen and oxygen atoms in total. The second-order valence-electron chi connectivity index (χ2n) is 4.09. The summed E-state index contributed by atoms with van der Waals surface area (Å²) in [5.41, 5.74) is 1.35. The summed E-state index contributed by atoms with van der Waals surface area (Å²) in [5, 5.41) is 2.79. The first-order valence-corrected chi connectivity index (χ1v) is 6.31. The van der Waals surface area contributed by atoms with Gasteiger partial charge in [0, 0.05) is 12.6 Å². The fourth-order valence-electron chi connectivity index (χ4n) is 1.47. The monoisotopic (exact) mass is 261 g/mol. The van der Waals surface area contributed by atoms with Gasteiger partial charge in [-0.25, -0.2) is 4.79 Å². The fraction of sp³-hybridized carbons (Fsp3) is 0.333. The number of amides is 1. The lowest BCUT2D eigenvalue weighted by atomic mass is 10.1. The van der Waals surface area contributed by atoms with E-state index in [1.54, 1.807) is 30.3 Å². The third kappa shape index (κ3) is 5.38. The van der Waals surface area contributed by atoms with E-state index in [0.717, 1.165) is 18.4 Å². The highest BCUT2D eigenvalue weighted by Gasteiger charge is 2.03. The molecule has 0 bridgehead atoms. The van der Waals surface area contributed by atoms with Crippen molar-refractivity contribution in [2.45, 2.75) is 19.8 Å². The van der Waals surface area contributed by atoms with Gasteiger partial charge in [-0.05, 0) is 30.2 Å². The van der Waals surface area contributed by atoms with E-state index in [0.29, 0.717) is 12.1 Å². The van der Waals surface area contributed by atoms with Crippen LogP contribution in [-0.2, 0) is 9.53 Å². The van der Waals surface area contributed by atoms with Crippen molar-refractivity contribution in [3.05, 3.63) is 41.5 Å². The minimum absolute atomic E-state index is 0.106. The Morgan fingerprint density at radius 3 is 2.53 bits per heavy atom. The number of ether oxygens (including phenoxy) is 1. The third-order valence-corrected chi connectivity index (χ3v) is 2.59. The van der Waals surface area contributed by atoms with Crippen molar-refractivity contribution in [2.75, 3.05) is 13.7 Å². The van der Waals surface area contributed by atoms with Gasteiger partial charge in [0.1, 0.15) is 0 Å². The van der Waals surface area contributed by atoms with Crippen molar-refractivity contribution in [1.82, 2.24) is 5.32 Å². The van der Waals surface area contributed by atoms with Gasteiger partial charge in [0.15, 0.2) is 0 Å². The number of methoxy groups -OCH3 is 1. The maximum Gasteiger partial charge on any atom is 0.337 e. The average molecular weight is 261 g/mol. The van der Waals surface area contributed by atoms with Gasteiger partial charge in [-0.2, -0.15) is 0 Å². The molecule has 1 rings (SSSR count). The maximum atomic E-state index is 11.4. The summed E-state index contributed by atoms with van der Waals surface area (Å²) in [5.74, 6) is -0.474. The molecule has 0 spiro atoms. The standard InChI is InChI=1S/C15H19NO3/c1-3-4-11-16-14(17)10-7-12-5-8-13(9-6-12)15(18)19-2/h5-10H,3-4,11H2,1-2H3,(H,16,17)/b10-7+. The second-order valence-corrected chi connectivity index (χ2v) is 4.09. The Bertz CT molecular complexity index is 449. The summed E-state index contributed by atoms with van der Waals surface area (Å²) in [6.07, 6.45) is 5.23. The zero-order valence-electron chi connectivity index (χ0n) is 11.3. The number of esters is 1. The first kappa shape index (κ1) is 15.0. The smallest absolute Gasteiger partial charge is 0.337 e. The summed E-state index contributed by atoms with van der Waals surface area (Å²) >= 11 is 0. The van der Waals surface area contributed by atoms with Crippen molar-refractivity contribution in [3.63, 3.8) is 0 Å². The number of carbonyl (C=O) groups is 2. The number of unbranched alkanes of at least 4 members (excludes halogenated alkanes) is 1. The van der Waals surface area contributed by atoms with Crippen LogP contribution in [0.1, 0.15) is 35.7 Å². The summed E-state index contributed by atoms with van der Waals surface area (Å²) < 4.78 is 4.61. The van der Waals surface area contributed by atoms with Gasteiger partial charge in [-0.15, -0.1) is 0 Å². The Morgan fingerprint density at radius 1 is 1.26 bits per heavy atom. The highest BCUT2D eigenvalue weighted by atomic mass is 16.5. The lowest BCUT2D eigenvalue weighted by molar-refractivity contribution is -0.116. The summed E-state index contributed by atoms with van der Waals surface area (Å²) in [6.45, 7) is 2.77. The van der Waals surface area contributed by atoms with E-state index in [-0.39, 0.29) is 11.9 Å². The van der Waals surface area contributed by atoms with Gasteiger partial charge in [0.25, 0.3) is 0 Å². The molecule has 0 unspecified atom stereocenters. The third-order valence-electron chi connectivity index (χ3n) is 2.59. The van der Waals surface area contributed by atoms with Gasteiger partial charge in [-0.3, -0.25) is 4.79 Å². The van der Waals surface area contributed by atoms with E-state index in [9.17, 15) is 9.59 Å². The van der Waals surface area contributed by atoms with Crippen LogP contribution in [0.5, 0.6) is 0 Å². The maximum absolute atomic E-state index is 11.4. The summed E-state index contributed by atoms with van der Waals surface area (Å²) in [4.78, 5) is 22.7. The lowest BCUT2D eigenvalue weighted by Crippen LogP contribution is -2.21. The number of carbonyl (C=O) groups excluding carboxylic acids is 2. The van der Waals surface area contributed by atoms with Crippen molar-refractivity contribution in [1.29, 1.82) is 0 Å². The molecule has 1 aromatic carbocycles. The number of hydrogen-bond acceptors (Lipinski definition) is 3. The summed E-state index contributed by atoms with van der Waals surface area (Å²) in [7, 11) is 1.34. The van der Waals surface area contributed by atoms with Gasteiger partial charge in [0.05, 0.1) is 12.7 Å². The van der Waals surface area contributed by atoms with E-state index in [4.69, 9.17) is 0 Å². The zero-order valence-corrected chi connectivity index (χ0v) is 11.3. The minimum Gasteiger partial charge on any atom is -0.465 e. The molecule has 1 aromatic rings. The molecule has 0 aliphatic heterocycles. The Hall–Kier alpha value is -2.10. The SMILES string of the molecule is CCCCNC(=O)/C=C/c1ccc(C(=O)OC)cc1. The van der Waals surface area contributed by atoms with Crippen LogP contribution in [-0.4, -0.2) is 25.5 Å². The van der Waals surface area contributed by atoms with E-state index >= 15 is 0 Å². The molecule has 0 aromatic heterocycles. The van der Waals surface area contributed by atoms with E-state index in [1.807, 2.05) is 0 Å². The molecule has 0 atom stereocenters. The Morgan fingerprint density at radius 2 is 1.95 bits per heavy atom. The zero-order chi connectivity index (χ0) is 14.1. The molecule has 0 fully saturated rings. The van der Waals surface area contributed by atoms with Crippen LogP contribution in [0.4, 0.5) is 0 Å². The molecule has 19 heavy (non-hydrogen) atoms. The van der Waals surface area contributed by atoms with Crippen LogP contribution < -0.4 is 5.32 Å². The molecule has 4 heteroatoms. The molecule has 102 valence electrons. The number of nitrogens with one attached hydrogen (secondary N) is 1. The summed E-state index contributed by atoms with van der Waals surface area (Å²) in [6, 6.07) is 6.87. The predicted octanol–water partition coefficient (Wildman–Crippen LogP) is 2.40. The molecule has 0 saturated carbocycles. The predicted molar refractivity (Wildman–Crippen MR) is 74.7 cm³/mol. The van der Waals surface area contributed by atoms with Crippen LogP contribution in [0.2, 0.25) is 0 Å². The van der Waals surface area contributed by atoms with Crippen molar-refractivity contribution >= 4 is 18.0 Å². The Labute approximate surface area is 113 Å². The van der Waals surface area contributed by atoms with Crippen LogP contribution in [0.3, 0.4) is 0 Å². The quantitative estimate of drug-likeness (QED) is 0.486. The molecular formula is C15H19NO3. The first-order valence-electron chi connectivity index (χ1n) is 6.31. The van der Waals surface area contributed by atoms with Gasteiger partial charge < -0.3 is 10.1 Å². The molecule has 0 aliphatic carbocycles. The van der Waals surface area contributed by atoms with Crippen molar-refractivity contribution in [2.24, 2.45) is 0 Å². The molecule has 0 aliphatic rings. The molecule has 0 radical (unpaired) electrons. The normalized spacial score (nSPS) is 10.4. The van der Waals surface area contributed by atoms with E-state index in [1.165, 1.54) is 13.2 Å². The highest BCUT2D eigenvalue weighted by molar-refractivity contribution is 5.92. The fourth-order valence-corrected chi connectivity index (χ4v) is 1.47. The number of hydrogen-bond donors (Lipinski definition) is 1. The van der Waals surface area contributed by atoms with Crippen molar-refractivity contribution < 1.29 is 14.3 Å². The molecule has 0 saturated heterocycles. The molecule has 0 heterocycles. The van der Waals surface area contributed by atoms with E-state index in [2.05, 4.69) is 17.0 Å². The Balaban J connectivity index is 2.53. The van der Waals surface area contributed by atoms with E-state index < -0.39 is 0 Å². The average Bonchev–Trinajstić information content (AvgIpc) is 2.45. The lowest BCUT2D eigenvalue weighted by Gasteiger charge is -2.00. The minimum atomic E-state index is -0.368. The van der Waals surface area contributed by atoms with Crippen LogP contribution in [0.15, 0.2) is 30.3 Å². The number of rotatable bonds is 6. The second kappa shape index (κ2) is 8.08. The van der Waals surface area contributed by atoms with Crippen LogP contribution in [0, 0.1) is 0 Å².